The fourth-order valence-electron chi connectivity index (χ4n) is 1.86. The first kappa shape index (κ1) is 11.5. The number of aliphatic hydroxyl groups is 1. The van der Waals surface area contributed by atoms with Crippen LogP contribution in [-0.2, 0) is 9.53 Å². The van der Waals surface area contributed by atoms with Crippen molar-refractivity contribution < 1.29 is 14.6 Å². The molecule has 0 aromatic rings. The maximum absolute atomic E-state index is 11.4. The van der Waals surface area contributed by atoms with Crippen LogP contribution >= 0.6 is 0 Å². The summed E-state index contributed by atoms with van der Waals surface area (Å²) in [4.78, 5) is 13.5. The SMILES string of the molecule is COC(=O)C(C)(C)CN1CCC(O)C1. The van der Waals surface area contributed by atoms with Gasteiger partial charge < -0.3 is 9.84 Å². The smallest absolute Gasteiger partial charge is 0.312 e. The van der Waals surface area contributed by atoms with Gasteiger partial charge in [-0.3, -0.25) is 9.69 Å². The number of likely N-dealkylation sites (tertiary alicyclic amines) is 1. The Kier molecular flexibility index (Phi) is 3.50. The van der Waals surface area contributed by atoms with Crippen LogP contribution < -0.4 is 0 Å². The van der Waals surface area contributed by atoms with E-state index in [2.05, 4.69) is 4.90 Å². The minimum atomic E-state index is -0.487. The molecule has 0 bridgehead atoms. The first-order valence-corrected chi connectivity index (χ1v) is 4.94. The molecule has 0 radical (unpaired) electrons. The van der Waals surface area contributed by atoms with Gasteiger partial charge >= 0.3 is 5.97 Å². The van der Waals surface area contributed by atoms with E-state index < -0.39 is 5.41 Å². The Hall–Kier alpha value is -0.610. The van der Waals surface area contributed by atoms with Gasteiger partial charge in [-0.1, -0.05) is 0 Å². The van der Waals surface area contributed by atoms with Crippen LogP contribution in [0.2, 0.25) is 0 Å². The molecule has 1 aliphatic heterocycles. The van der Waals surface area contributed by atoms with Gasteiger partial charge in [0.15, 0.2) is 0 Å². The zero-order chi connectivity index (χ0) is 10.8. The predicted molar refractivity (Wildman–Crippen MR) is 52.9 cm³/mol. The van der Waals surface area contributed by atoms with Gasteiger partial charge in [-0.15, -0.1) is 0 Å². The first-order valence-electron chi connectivity index (χ1n) is 4.94. The normalized spacial score (nSPS) is 23.9. The number of β-amino-alcohol motifs (C(OH)–C–C–N with tert-alkyl or cyclic N) is 1. The molecule has 1 atom stereocenters. The Bertz CT molecular complexity index is 215. The third kappa shape index (κ3) is 2.69. The minimum Gasteiger partial charge on any atom is -0.469 e. The van der Waals surface area contributed by atoms with Gasteiger partial charge in [0.1, 0.15) is 0 Å². The highest BCUT2D eigenvalue weighted by molar-refractivity contribution is 5.76. The number of carbonyl (C=O) groups is 1. The molecule has 1 aliphatic rings. The Labute approximate surface area is 84.8 Å². The molecule has 0 aromatic heterocycles. The van der Waals surface area contributed by atoms with Crippen molar-refractivity contribution >= 4 is 5.97 Å². The third-order valence-corrected chi connectivity index (χ3v) is 2.60. The van der Waals surface area contributed by atoms with Crippen LogP contribution in [0.25, 0.3) is 0 Å². The minimum absolute atomic E-state index is 0.195. The number of hydrogen-bond acceptors (Lipinski definition) is 4. The molecule has 4 heteroatoms. The van der Waals surface area contributed by atoms with Crippen molar-refractivity contribution in [1.82, 2.24) is 4.90 Å². The fourth-order valence-corrected chi connectivity index (χ4v) is 1.86. The van der Waals surface area contributed by atoms with Crippen LogP contribution in [0.5, 0.6) is 0 Å². The molecule has 0 saturated carbocycles. The number of methoxy groups -OCH3 is 1. The highest BCUT2D eigenvalue weighted by atomic mass is 16.5. The van der Waals surface area contributed by atoms with Crippen molar-refractivity contribution in [2.75, 3.05) is 26.7 Å². The van der Waals surface area contributed by atoms with Crippen LogP contribution in [0, 0.1) is 5.41 Å². The van der Waals surface area contributed by atoms with Crippen LogP contribution in [0.15, 0.2) is 0 Å². The Morgan fingerprint density at radius 3 is 2.71 bits per heavy atom. The van der Waals surface area contributed by atoms with Crippen molar-refractivity contribution in [1.29, 1.82) is 0 Å². The molecule has 1 rings (SSSR count). The average molecular weight is 201 g/mol. The van der Waals surface area contributed by atoms with Crippen LogP contribution in [0.4, 0.5) is 0 Å². The lowest BCUT2D eigenvalue weighted by Gasteiger charge is -2.27. The van der Waals surface area contributed by atoms with Gasteiger partial charge in [-0.25, -0.2) is 0 Å². The van der Waals surface area contributed by atoms with E-state index in [0.717, 1.165) is 13.0 Å². The van der Waals surface area contributed by atoms with Gasteiger partial charge in [0.25, 0.3) is 0 Å². The van der Waals surface area contributed by atoms with E-state index >= 15 is 0 Å². The Balaban J connectivity index is 2.46. The van der Waals surface area contributed by atoms with Crippen molar-refractivity contribution in [2.24, 2.45) is 5.41 Å². The van der Waals surface area contributed by atoms with Crippen LogP contribution in [-0.4, -0.2) is 48.8 Å². The maximum Gasteiger partial charge on any atom is 0.312 e. The van der Waals surface area contributed by atoms with Crippen molar-refractivity contribution in [3.05, 3.63) is 0 Å². The molecule has 0 aliphatic carbocycles. The summed E-state index contributed by atoms with van der Waals surface area (Å²) in [6.07, 6.45) is 0.570. The van der Waals surface area contributed by atoms with E-state index in [9.17, 15) is 9.90 Å². The summed E-state index contributed by atoms with van der Waals surface area (Å²) in [7, 11) is 1.41. The second-order valence-electron chi connectivity index (χ2n) is 4.55. The lowest BCUT2D eigenvalue weighted by atomic mass is 9.93. The Morgan fingerprint density at radius 2 is 2.29 bits per heavy atom. The van der Waals surface area contributed by atoms with Crippen molar-refractivity contribution in [3.63, 3.8) is 0 Å². The number of esters is 1. The molecular weight excluding hydrogens is 182 g/mol. The van der Waals surface area contributed by atoms with E-state index in [1.807, 2.05) is 13.8 Å². The zero-order valence-corrected chi connectivity index (χ0v) is 9.12. The molecule has 0 spiro atoms. The number of rotatable bonds is 3. The number of aliphatic hydroxyl groups excluding tert-OH is 1. The lowest BCUT2D eigenvalue weighted by Crippen LogP contribution is -2.39. The summed E-state index contributed by atoms with van der Waals surface area (Å²) in [5.41, 5.74) is -0.487. The fraction of sp³-hybridized carbons (Fsp3) is 0.900. The van der Waals surface area contributed by atoms with E-state index in [-0.39, 0.29) is 12.1 Å². The number of carbonyl (C=O) groups excluding carboxylic acids is 1. The Morgan fingerprint density at radius 1 is 1.64 bits per heavy atom. The molecule has 1 fully saturated rings. The molecule has 0 amide bonds. The highest BCUT2D eigenvalue weighted by Crippen LogP contribution is 2.21. The van der Waals surface area contributed by atoms with Gasteiger partial charge in [-0.2, -0.15) is 0 Å². The molecule has 0 aromatic carbocycles. The van der Waals surface area contributed by atoms with Crippen LogP contribution in [0.3, 0.4) is 0 Å². The van der Waals surface area contributed by atoms with E-state index in [1.54, 1.807) is 0 Å². The quantitative estimate of drug-likeness (QED) is 0.665. The topological polar surface area (TPSA) is 49.8 Å². The summed E-state index contributed by atoms with van der Waals surface area (Å²) in [5.74, 6) is -0.195. The average Bonchev–Trinajstić information content (AvgIpc) is 2.48. The summed E-state index contributed by atoms with van der Waals surface area (Å²) in [5, 5.41) is 9.33. The molecule has 1 saturated heterocycles. The third-order valence-electron chi connectivity index (χ3n) is 2.60. The highest BCUT2D eigenvalue weighted by Gasteiger charge is 2.33. The summed E-state index contributed by atoms with van der Waals surface area (Å²) >= 11 is 0. The molecule has 82 valence electrons. The number of nitrogens with zero attached hydrogens (tertiary/aromatic N) is 1. The first-order chi connectivity index (χ1) is 6.45. The van der Waals surface area contributed by atoms with E-state index in [1.165, 1.54) is 7.11 Å². The van der Waals surface area contributed by atoms with Crippen molar-refractivity contribution in [2.45, 2.75) is 26.4 Å². The molecule has 4 nitrogen and oxygen atoms in total. The van der Waals surface area contributed by atoms with Gasteiger partial charge in [0.2, 0.25) is 0 Å². The van der Waals surface area contributed by atoms with Crippen LogP contribution in [0.1, 0.15) is 20.3 Å². The second-order valence-corrected chi connectivity index (χ2v) is 4.55. The lowest BCUT2D eigenvalue weighted by molar-refractivity contribution is -0.151. The van der Waals surface area contributed by atoms with Crippen molar-refractivity contribution in [3.8, 4) is 0 Å². The van der Waals surface area contributed by atoms with Gasteiger partial charge in [0, 0.05) is 19.6 Å². The monoisotopic (exact) mass is 201 g/mol. The summed E-state index contributed by atoms with van der Waals surface area (Å²) in [6, 6.07) is 0. The van der Waals surface area contributed by atoms with E-state index in [0.29, 0.717) is 13.1 Å². The predicted octanol–water partition coefficient (Wildman–Crippen LogP) is 0.252. The maximum atomic E-state index is 11.4. The molecule has 1 heterocycles. The molecule has 14 heavy (non-hydrogen) atoms. The molecule has 1 unspecified atom stereocenters. The zero-order valence-electron chi connectivity index (χ0n) is 9.12. The molecular formula is C10H19NO3. The van der Waals surface area contributed by atoms with Gasteiger partial charge in [0.05, 0.1) is 18.6 Å². The summed E-state index contributed by atoms with van der Waals surface area (Å²) in [6.45, 7) is 5.91. The number of ether oxygens (including phenoxy) is 1. The summed E-state index contributed by atoms with van der Waals surface area (Å²) < 4.78 is 4.72. The molecule has 1 N–H and O–H groups in total. The number of hydrogen-bond donors (Lipinski definition) is 1. The largest absolute Gasteiger partial charge is 0.469 e. The van der Waals surface area contributed by atoms with Gasteiger partial charge in [-0.05, 0) is 20.3 Å². The standard InChI is InChI=1S/C10H19NO3/c1-10(2,9(13)14-3)7-11-5-4-8(12)6-11/h8,12H,4-7H2,1-3H3. The van der Waals surface area contributed by atoms with E-state index in [4.69, 9.17) is 4.74 Å². The second kappa shape index (κ2) is 4.28.